The standard InChI is InChI=1S/C12H22N2O4S/c1-9-4-6-14(7-5-9)19(17,18)13-11(8-12(15)16)10-2-3-10/h9-11,13H,2-8H2,1H3,(H,15,16). The largest absolute Gasteiger partial charge is 0.481 e. The van der Waals surface area contributed by atoms with Gasteiger partial charge >= 0.3 is 5.97 Å². The van der Waals surface area contributed by atoms with Crippen LogP contribution in [0.4, 0.5) is 0 Å². The zero-order valence-electron chi connectivity index (χ0n) is 11.2. The minimum absolute atomic E-state index is 0.131. The summed E-state index contributed by atoms with van der Waals surface area (Å²) in [5, 5.41) is 8.85. The van der Waals surface area contributed by atoms with E-state index in [1.54, 1.807) is 0 Å². The van der Waals surface area contributed by atoms with Crippen LogP contribution in [0.1, 0.15) is 39.0 Å². The maximum Gasteiger partial charge on any atom is 0.304 e. The Kier molecular flexibility index (Phi) is 4.47. The molecule has 0 bridgehead atoms. The van der Waals surface area contributed by atoms with Crippen LogP contribution in [0.3, 0.4) is 0 Å². The Morgan fingerprint density at radius 3 is 2.37 bits per heavy atom. The number of hydrogen-bond donors (Lipinski definition) is 2. The molecule has 0 aromatic heterocycles. The third kappa shape index (κ3) is 4.15. The molecule has 1 saturated carbocycles. The van der Waals surface area contributed by atoms with Gasteiger partial charge in [-0.3, -0.25) is 4.79 Å². The molecule has 1 saturated heterocycles. The summed E-state index contributed by atoms with van der Waals surface area (Å²) in [7, 11) is -3.54. The summed E-state index contributed by atoms with van der Waals surface area (Å²) in [4.78, 5) is 10.8. The number of nitrogens with one attached hydrogen (secondary N) is 1. The number of carboxylic acid groups (broad SMARTS) is 1. The highest BCUT2D eigenvalue weighted by molar-refractivity contribution is 7.87. The van der Waals surface area contributed by atoms with E-state index in [9.17, 15) is 13.2 Å². The van der Waals surface area contributed by atoms with Crippen molar-refractivity contribution >= 4 is 16.2 Å². The molecule has 0 spiro atoms. The summed E-state index contributed by atoms with van der Waals surface area (Å²) < 4.78 is 28.5. The van der Waals surface area contributed by atoms with E-state index in [4.69, 9.17) is 5.11 Å². The van der Waals surface area contributed by atoms with Crippen molar-refractivity contribution in [3.8, 4) is 0 Å². The van der Waals surface area contributed by atoms with Gasteiger partial charge < -0.3 is 5.11 Å². The summed E-state index contributed by atoms with van der Waals surface area (Å²) in [6, 6.07) is -0.457. The summed E-state index contributed by atoms with van der Waals surface area (Å²) in [6.07, 6.45) is 3.44. The van der Waals surface area contributed by atoms with E-state index >= 15 is 0 Å². The van der Waals surface area contributed by atoms with Crippen LogP contribution in [-0.2, 0) is 15.0 Å². The van der Waals surface area contributed by atoms with Crippen molar-refractivity contribution in [1.82, 2.24) is 9.03 Å². The normalized spacial score (nSPS) is 24.3. The van der Waals surface area contributed by atoms with Crippen LogP contribution in [0.2, 0.25) is 0 Å². The smallest absolute Gasteiger partial charge is 0.304 e. The number of hydrogen-bond acceptors (Lipinski definition) is 3. The van der Waals surface area contributed by atoms with Crippen molar-refractivity contribution in [3.63, 3.8) is 0 Å². The Balaban J connectivity index is 1.96. The highest BCUT2D eigenvalue weighted by Crippen LogP contribution is 2.34. The number of carboxylic acids is 1. The van der Waals surface area contributed by atoms with Gasteiger partial charge in [-0.25, -0.2) is 0 Å². The lowest BCUT2D eigenvalue weighted by Gasteiger charge is -2.31. The first kappa shape index (κ1) is 14.7. The minimum atomic E-state index is -3.54. The molecular weight excluding hydrogens is 268 g/mol. The molecule has 1 unspecified atom stereocenters. The van der Waals surface area contributed by atoms with Gasteiger partial charge in [0.15, 0.2) is 0 Å². The quantitative estimate of drug-likeness (QED) is 0.758. The Hall–Kier alpha value is -0.660. The molecule has 1 aliphatic heterocycles. The van der Waals surface area contributed by atoms with Gasteiger partial charge in [-0.05, 0) is 37.5 Å². The molecule has 110 valence electrons. The molecule has 1 heterocycles. The number of aliphatic carboxylic acids is 1. The highest BCUT2D eigenvalue weighted by Gasteiger charge is 2.37. The first-order valence-corrected chi connectivity index (χ1v) is 8.31. The lowest BCUT2D eigenvalue weighted by molar-refractivity contribution is -0.137. The fraction of sp³-hybridized carbons (Fsp3) is 0.917. The Labute approximate surface area is 114 Å². The van der Waals surface area contributed by atoms with Crippen molar-refractivity contribution in [2.24, 2.45) is 11.8 Å². The van der Waals surface area contributed by atoms with Gasteiger partial charge in [0.2, 0.25) is 0 Å². The molecular formula is C12H22N2O4S. The van der Waals surface area contributed by atoms with Crippen LogP contribution >= 0.6 is 0 Å². The first-order valence-electron chi connectivity index (χ1n) is 6.87. The van der Waals surface area contributed by atoms with Crippen LogP contribution in [0.25, 0.3) is 0 Å². The number of carbonyl (C=O) groups is 1. The molecule has 1 aliphatic carbocycles. The van der Waals surface area contributed by atoms with Gasteiger partial charge in [0, 0.05) is 19.1 Å². The van der Waals surface area contributed by atoms with Crippen molar-refractivity contribution in [1.29, 1.82) is 0 Å². The molecule has 2 aliphatic rings. The SMILES string of the molecule is CC1CCN(S(=O)(=O)NC(CC(=O)O)C2CC2)CC1. The third-order valence-electron chi connectivity index (χ3n) is 3.97. The average molecular weight is 290 g/mol. The molecule has 2 rings (SSSR count). The van der Waals surface area contributed by atoms with Gasteiger partial charge in [0.1, 0.15) is 0 Å². The molecule has 0 aromatic carbocycles. The van der Waals surface area contributed by atoms with Crippen molar-refractivity contribution in [2.75, 3.05) is 13.1 Å². The van der Waals surface area contributed by atoms with Crippen molar-refractivity contribution in [2.45, 2.75) is 45.1 Å². The minimum Gasteiger partial charge on any atom is -0.481 e. The fourth-order valence-corrected chi connectivity index (χ4v) is 3.98. The monoisotopic (exact) mass is 290 g/mol. The van der Waals surface area contributed by atoms with E-state index in [0.29, 0.717) is 19.0 Å². The van der Waals surface area contributed by atoms with E-state index in [2.05, 4.69) is 11.6 Å². The van der Waals surface area contributed by atoms with Crippen LogP contribution in [0, 0.1) is 11.8 Å². The second kappa shape index (κ2) is 5.76. The van der Waals surface area contributed by atoms with Gasteiger partial charge in [0.05, 0.1) is 6.42 Å². The lowest BCUT2D eigenvalue weighted by atomic mass is 10.0. The van der Waals surface area contributed by atoms with Gasteiger partial charge in [-0.15, -0.1) is 0 Å². The second-order valence-corrected chi connectivity index (χ2v) is 7.45. The molecule has 7 heteroatoms. The summed E-state index contributed by atoms with van der Waals surface area (Å²) in [5.41, 5.74) is 0. The molecule has 6 nitrogen and oxygen atoms in total. The molecule has 2 fully saturated rings. The maximum absolute atomic E-state index is 12.2. The van der Waals surface area contributed by atoms with E-state index < -0.39 is 22.2 Å². The van der Waals surface area contributed by atoms with Gasteiger partial charge in [0.25, 0.3) is 10.2 Å². The van der Waals surface area contributed by atoms with Crippen LogP contribution < -0.4 is 4.72 Å². The van der Waals surface area contributed by atoms with E-state index in [-0.39, 0.29) is 12.3 Å². The van der Waals surface area contributed by atoms with E-state index in [1.807, 2.05) is 0 Å². The Morgan fingerprint density at radius 1 is 1.32 bits per heavy atom. The second-order valence-electron chi connectivity index (χ2n) is 5.75. The van der Waals surface area contributed by atoms with Gasteiger partial charge in [-0.1, -0.05) is 6.92 Å². The van der Waals surface area contributed by atoms with Crippen LogP contribution in [0.5, 0.6) is 0 Å². The number of rotatable bonds is 6. The topological polar surface area (TPSA) is 86.7 Å². The third-order valence-corrected chi connectivity index (χ3v) is 5.61. The molecule has 1 atom stereocenters. The molecule has 0 radical (unpaired) electrons. The summed E-state index contributed by atoms with van der Waals surface area (Å²) in [5.74, 6) is -0.203. The molecule has 2 N–H and O–H groups in total. The first-order chi connectivity index (χ1) is 8.88. The number of piperidine rings is 1. The fourth-order valence-electron chi connectivity index (χ4n) is 2.48. The Morgan fingerprint density at radius 2 is 1.89 bits per heavy atom. The lowest BCUT2D eigenvalue weighted by Crippen LogP contribution is -2.49. The summed E-state index contributed by atoms with van der Waals surface area (Å²) in [6.45, 7) is 3.18. The number of nitrogens with zero attached hydrogens (tertiary/aromatic N) is 1. The summed E-state index contributed by atoms with van der Waals surface area (Å²) >= 11 is 0. The van der Waals surface area contributed by atoms with Crippen LogP contribution in [-0.4, -0.2) is 42.9 Å². The molecule has 0 aromatic rings. The van der Waals surface area contributed by atoms with E-state index in [0.717, 1.165) is 25.7 Å². The molecule has 0 amide bonds. The Bertz CT molecular complexity index is 425. The van der Waals surface area contributed by atoms with Crippen LogP contribution in [0.15, 0.2) is 0 Å². The maximum atomic E-state index is 12.2. The predicted molar refractivity (Wildman–Crippen MR) is 70.8 cm³/mol. The van der Waals surface area contributed by atoms with Crippen molar-refractivity contribution in [3.05, 3.63) is 0 Å². The zero-order valence-corrected chi connectivity index (χ0v) is 12.0. The predicted octanol–water partition coefficient (Wildman–Crippen LogP) is 0.806. The average Bonchev–Trinajstić information content (AvgIpc) is 3.11. The molecule has 19 heavy (non-hydrogen) atoms. The highest BCUT2D eigenvalue weighted by atomic mass is 32.2. The van der Waals surface area contributed by atoms with Gasteiger partial charge in [-0.2, -0.15) is 17.4 Å². The van der Waals surface area contributed by atoms with E-state index in [1.165, 1.54) is 4.31 Å². The van der Waals surface area contributed by atoms with Crippen molar-refractivity contribution < 1.29 is 18.3 Å². The zero-order chi connectivity index (χ0) is 14.0.